The molecule has 0 aliphatic carbocycles. The molecule has 3 heterocycles. The maximum atomic E-state index is 5.41. The minimum atomic E-state index is -0.0823. The van der Waals surface area contributed by atoms with E-state index in [1.54, 1.807) is 17.5 Å². The first-order valence-electron chi connectivity index (χ1n) is 7.98. The minimum absolute atomic E-state index is 0.0823. The van der Waals surface area contributed by atoms with Crippen LogP contribution in [0.4, 0.5) is 5.69 Å². The second-order valence-corrected chi connectivity index (χ2v) is 6.65. The number of hydrogen-bond acceptors (Lipinski definition) is 6. The molecule has 0 amide bonds. The second-order valence-electron chi connectivity index (χ2n) is 5.70. The monoisotopic (exact) mass is 351 g/mol. The fraction of sp³-hybridized carbons (Fsp3) is 0.167. The van der Waals surface area contributed by atoms with E-state index < -0.39 is 0 Å². The molecular weight excluding hydrogens is 334 g/mol. The van der Waals surface area contributed by atoms with Gasteiger partial charge in [0, 0.05) is 18.1 Å². The largest absolute Gasteiger partial charge is 0.374 e. The highest BCUT2D eigenvalue weighted by atomic mass is 32.1. The predicted molar refractivity (Wildman–Crippen MR) is 97.4 cm³/mol. The van der Waals surface area contributed by atoms with Crippen molar-refractivity contribution in [3.63, 3.8) is 0 Å². The predicted octanol–water partition coefficient (Wildman–Crippen LogP) is 4.22. The van der Waals surface area contributed by atoms with E-state index in [4.69, 9.17) is 4.52 Å². The van der Waals surface area contributed by atoms with Gasteiger partial charge in [0.05, 0.1) is 11.4 Å². The lowest BCUT2D eigenvalue weighted by Gasteiger charge is -2.12. The Morgan fingerprint density at radius 3 is 3.00 bits per heavy atom. The van der Waals surface area contributed by atoms with Crippen LogP contribution < -0.4 is 5.32 Å². The lowest BCUT2D eigenvalue weighted by Crippen LogP contribution is -2.08. The lowest BCUT2D eigenvalue weighted by atomic mass is 10.2. The number of thiophene rings is 1. The zero-order chi connectivity index (χ0) is 17.1. The molecule has 0 radical (unpaired) electrons. The fourth-order valence-electron chi connectivity index (χ4n) is 2.57. The van der Waals surface area contributed by atoms with Crippen molar-refractivity contribution in [3.8, 4) is 10.7 Å². The molecule has 1 unspecified atom stereocenters. The second kappa shape index (κ2) is 6.90. The number of rotatable bonds is 6. The van der Waals surface area contributed by atoms with Gasteiger partial charge in [-0.15, -0.1) is 11.3 Å². The zero-order valence-corrected chi connectivity index (χ0v) is 14.5. The van der Waals surface area contributed by atoms with Gasteiger partial charge in [-0.3, -0.25) is 4.68 Å². The van der Waals surface area contributed by atoms with Crippen LogP contribution >= 0.6 is 11.3 Å². The molecule has 126 valence electrons. The van der Waals surface area contributed by atoms with Crippen LogP contribution in [0.3, 0.4) is 0 Å². The first-order valence-corrected chi connectivity index (χ1v) is 8.86. The van der Waals surface area contributed by atoms with E-state index in [1.807, 2.05) is 53.5 Å². The minimum Gasteiger partial charge on any atom is -0.374 e. The van der Waals surface area contributed by atoms with Gasteiger partial charge in [0.1, 0.15) is 6.04 Å². The molecule has 1 atom stereocenters. The SMILES string of the molecule is CC(Nc1cccc(Cn2cccn2)c1)c1nc(-c2cccs2)no1. The van der Waals surface area contributed by atoms with E-state index in [1.165, 1.54) is 5.56 Å². The molecule has 0 saturated carbocycles. The van der Waals surface area contributed by atoms with Crippen LogP contribution in [0.2, 0.25) is 0 Å². The van der Waals surface area contributed by atoms with Gasteiger partial charge in [0.2, 0.25) is 11.7 Å². The third kappa shape index (κ3) is 3.61. The number of aromatic nitrogens is 4. The van der Waals surface area contributed by atoms with E-state index in [0.717, 1.165) is 17.1 Å². The summed E-state index contributed by atoms with van der Waals surface area (Å²) in [5, 5.41) is 13.7. The van der Waals surface area contributed by atoms with Crippen molar-refractivity contribution >= 4 is 17.0 Å². The van der Waals surface area contributed by atoms with Gasteiger partial charge in [-0.1, -0.05) is 23.4 Å². The molecule has 0 spiro atoms. The molecule has 1 aromatic carbocycles. The van der Waals surface area contributed by atoms with Crippen LogP contribution in [-0.4, -0.2) is 19.9 Å². The molecule has 0 fully saturated rings. The first-order chi connectivity index (χ1) is 12.3. The molecule has 3 aromatic heterocycles. The molecule has 0 aliphatic heterocycles. The van der Waals surface area contributed by atoms with Crippen LogP contribution in [0.5, 0.6) is 0 Å². The van der Waals surface area contributed by atoms with Crippen molar-refractivity contribution in [2.75, 3.05) is 5.32 Å². The molecule has 4 aromatic rings. The summed E-state index contributed by atoms with van der Waals surface area (Å²) in [5.41, 5.74) is 2.18. The van der Waals surface area contributed by atoms with Gasteiger partial charge in [0.25, 0.3) is 0 Å². The maximum absolute atomic E-state index is 5.41. The Labute approximate surface area is 149 Å². The summed E-state index contributed by atoms with van der Waals surface area (Å²) in [7, 11) is 0. The summed E-state index contributed by atoms with van der Waals surface area (Å²) in [4.78, 5) is 5.49. The Hall–Kier alpha value is -2.93. The Morgan fingerprint density at radius 1 is 1.24 bits per heavy atom. The third-order valence-corrected chi connectivity index (χ3v) is 4.63. The quantitative estimate of drug-likeness (QED) is 0.563. The van der Waals surface area contributed by atoms with Crippen LogP contribution in [0.15, 0.2) is 64.8 Å². The highest BCUT2D eigenvalue weighted by molar-refractivity contribution is 7.13. The van der Waals surface area contributed by atoms with E-state index in [9.17, 15) is 0 Å². The topological polar surface area (TPSA) is 68.8 Å². The fourth-order valence-corrected chi connectivity index (χ4v) is 3.22. The Balaban J connectivity index is 1.46. The smallest absolute Gasteiger partial charge is 0.249 e. The highest BCUT2D eigenvalue weighted by Crippen LogP contribution is 2.24. The standard InChI is InChI=1S/C18H17N5OS/c1-13(18-21-17(22-24-18)16-7-3-10-25-16)20-15-6-2-5-14(11-15)12-23-9-4-8-19-23/h2-11,13,20H,12H2,1H3. The lowest BCUT2D eigenvalue weighted by molar-refractivity contribution is 0.368. The number of nitrogens with zero attached hydrogens (tertiary/aromatic N) is 4. The molecule has 25 heavy (non-hydrogen) atoms. The van der Waals surface area contributed by atoms with Crippen LogP contribution in [0, 0.1) is 0 Å². The molecule has 0 bridgehead atoms. The van der Waals surface area contributed by atoms with Gasteiger partial charge in [0.15, 0.2) is 0 Å². The summed E-state index contributed by atoms with van der Waals surface area (Å²) in [6, 6.07) is 14.0. The van der Waals surface area contributed by atoms with Crippen molar-refractivity contribution in [1.29, 1.82) is 0 Å². The normalized spacial score (nSPS) is 12.2. The van der Waals surface area contributed by atoms with E-state index in [-0.39, 0.29) is 6.04 Å². The van der Waals surface area contributed by atoms with Crippen molar-refractivity contribution in [3.05, 3.63) is 71.7 Å². The van der Waals surface area contributed by atoms with Crippen LogP contribution in [0.25, 0.3) is 10.7 Å². The molecule has 1 N–H and O–H groups in total. The number of anilines is 1. The Morgan fingerprint density at radius 2 is 2.20 bits per heavy atom. The van der Waals surface area contributed by atoms with Gasteiger partial charge < -0.3 is 9.84 Å². The van der Waals surface area contributed by atoms with Crippen molar-refractivity contribution in [2.24, 2.45) is 0 Å². The van der Waals surface area contributed by atoms with Crippen LogP contribution in [0.1, 0.15) is 24.4 Å². The van der Waals surface area contributed by atoms with E-state index in [0.29, 0.717) is 11.7 Å². The van der Waals surface area contributed by atoms with Crippen molar-refractivity contribution < 1.29 is 4.52 Å². The van der Waals surface area contributed by atoms with Crippen molar-refractivity contribution in [2.45, 2.75) is 19.5 Å². The number of benzene rings is 1. The summed E-state index contributed by atoms with van der Waals surface area (Å²) in [5.74, 6) is 1.20. The van der Waals surface area contributed by atoms with Crippen LogP contribution in [-0.2, 0) is 6.54 Å². The molecule has 6 nitrogen and oxygen atoms in total. The van der Waals surface area contributed by atoms with Gasteiger partial charge >= 0.3 is 0 Å². The number of hydrogen-bond donors (Lipinski definition) is 1. The van der Waals surface area contributed by atoms with Gasteiger partial charge in [-0.05, 0) is 42.1 Å². The Bertz CT molecular complexity index is 930. The molecular formula is C18H17N5OS. The summed E-state index contributed by atoms with van der Waals surface area (Å²) in [6.45, 7) is 2.74. The molecule has 0 saturated heterocycles. The molecule has 0 aliphatic rings. The molecule has 7 heteroatoms. The summed E-state index contributed by atoms with van der Waals surface area (Å²) in [6.07, 6.45) is 3.73. The van der Waals surface area contributed by atoms with E-state index >= 15 is 0 Å². The Kier molecular flexibility index (Phi) is 4.30. The third-order valence-electron chi connectivity index (χ3n) is 3.77. The molecule has 4 rings (SSSR count). The first kappa shape index (κ1) is 15.6. The average Bonchev–Trinajstić information content (AvgIpc) is 3.37. The zero-order valence-electron chi connectivity index (χ0n) is 13.7. The van der Waals surface area contributed by atoms with Crippen molar-refractivity contribution in [1.82, 2.24) is 19.9 Å². The van der Waals surface area contributed by atoms with E-state index in [2.05, 4.69) is 32.7 Å². The van der Waals surface area contributed by atoms with Gasteiger partial charge in [-0.25, -0.2) is 0 Å². The highest BCUT2D eigenvalue weighted by Gasteiger charge is 2.15. The summed E-state index contributed by atoms with van der Waals surface area (Å²) < 4.78 is 7.30. The van der Waals surface area contributed by atoms with Gasteiger partial charge in [-0.2, -0.15) is 10.1 Å². The maximum Gasteiger partial charge on any atom is 0.249 e. The average molecular weight is 351 g/mol. The number of nitrogens with one attached hydrogen (secondary N) is 1. The summed E-state index contributed by atoms with van der Waals surface area (Å²) >= 11 is 1.59.